The van der Waals surface area contributed by atoms with Crippen LogP contribution in [-0.2, 0) is 14.3 Å². The molecule has 0 aromatic heterocycles. The molecule has 1 aliphatic rings. The van der Waals surface area contributed by atoms with Crippen LogP contribution in [0, 0.1) is 0 Å². The van der Waals surface area contributed by atoms with E-state index in [-0.39, 0.29) is 5.91 Å². The van der Waals surface area contributed by atoms with Crippen molar-refractivity contribution in [2.45, 2.75) is 0 Å². The highest BCUT2D eigenvalue weighted by atomic mass is 16.5. The summed E-state index contributed by atoms with van der Waals surface area (Å²) in [5, 5.41) is 0. The summed E-state index contributed by atoms with van der Waals surface area (Å²) in [6, 6.07) is 18.8. The van der Waals surface area contributed by atoms with Crippen LogP contribution in [-0.4, -0.2) is 30.9 Å². The first kappa shape index (κ1) is 15.7. The van der Waals surface area contributed by atoms with Crippen LogP contribution in [0.3, 0.4) is 0 Å². The Labute approximate surface area is 140 Å². The minimum absolute atomic E-state index is 0.224. The molecule has 4 nitrogen and oxygen atoms in total. The van der Waals surface area contributed by atoms with E-state index in [0.29, 0.717) is 16.8 Å². The van der Waals surface area contributed by atoms with Crippen molar-refractivity contribution in [1.82, 2.24) is 4.90 Å². The van der Waals surface area contributed by atoms with Crippen LogP contribution in [0.1, 0.15) is 11.1 Å². The summed E-state index contributed by atoms with van der Waals surface area (Å²) in [4.78, 5) is 26.6. The highest BCUT2D eigenvalue weighted by molar-refractivity contribution is 6.22. The average Bonchev–Trinajstić information content (AvgIpc) is 2.87. The normalized spacial score (nSPS) is 16.0. The number of likely N-dealkylation sites (N-methyl/N-ethyl adjacent to an activating group) is 1. The highest BCUT2D eigenvalue weighted by Gasteiger charge is 2.37. The third-order valence-electron chi connectivity index (χ3n) is 3.92. The summed E-state index contributed by atoms with van der Waals surface area (Å²) >= 11 is 0. The van der Waals surface area contributed by atoms with E-state index in [9.17, 15) is 9.59 Å². The Hall–Kier alpha value is -3.14. The molecule has 0 spiro atoms. The van der Waals surface area contributed by atoms with Crippen molar-refractivity contribution in [3.05, 3.63) is 82.9 Å². The molecule has 0 N–H and O–H groups in total. The summed E-state index contributed by atoms with van der Waals surface area (Å²) in [7, 11) is 2.99. The summed E-state index contributed by atoms with van der Waals surface area (Å²) in [6.45, 7) is 0. The maximum absolute atomic E-state index is 12.7. The third kappa shape index (κ3) is 2.74. The Morgan fingerprint density at radius 2 is 1.58 bits per heavy atom. The Morgan fingerprint density at radius 3 is 2.17 bits per heavy atom. The second-order valence-electron chi connectivity index (χ2n) is 5.41. The van der Waals surface area contributed by atoms with E-state index < -0.39 is 5.97 Å². The fraction of sp³-hybridized carbons (Fsp3) is 0.100. The van der Waals surface area contributed by atoms with Crippen LogP contribution in [0.2, 0.25) is 0 Å². The number of methoxy groups -OCH3 is 1. The molecule has 0 fully saturated rings. The molecule has 0 radical (unpaired) electrons. The lowest BCUT2D eigenvalue weighted by molar-refractivity contribution is -0.136. The van der Waals surface area contributed by atoms with Gasteiger partial charge in [-0.05, 0) is 17.2 Å². The number of amides is 1. The largest absolute Gasteiger partial charge is 0.465 e. The molecular formula is C20H17NO3. The van der Waals surface area contributed by atoms with E-state index in [0.717, 1.165) is 11.1 Å². The van der Waals surface area contributed by atoms with Gasteiger partial charge in [0.05, 0.1) is 24.0 Å². The van der Waals surface area contributed by atoms with Gasteiger partial charge in [-0.2, -0.15) is 0 Å². The zero-order valence-electron chi connectivity index (χ0n) is 13.5. The molecule has 0 aliphatic carbocycles. The van der Waals surface area contributed by atoms with Gasteiger partial charge in [0.15, 0.2) is 0 Å². The van der Waals surface area contributed by atoms with Gasteiger partial charge in [-0.25, -0.2) is 4.79 Å². The molecule has 24 heavy (non-hydrogen) atoms. The van der Waals surface area contributed by atoms with Crippen molar-refractivity contribution in [3.8, 4) is 0 Å². The SMILES string of the molecule is COC(=O)C1=C(c2ccccc2)N(C)C(=O)/C1=C\c1ccccc1. The van der Waals surface area contributed by atoms with Crippen molar-refractivity contribution >= 4 is 23.6 Å². The van der Waals surface area contributed by atoms with Crippen molar-refractivity contribution in [2.24, 2.45) is 0 Å². The molecule has 2 aromatic rings. The quantitative estimate of drug-likeness (QED) is 0.645. The molecule has 4 heteroatoms. The Balaban J connectivity index is 2.22. The maximum atomic E-state index is 12.7. The average molecular weight is 319 g/mol. The molecule has 120 valence electrons. The van der Waals surface area contributed by atoms with Gasteiger partial charge in [0.1, 0.15) is 0 Å². The van der Waals surface area contributed by atoms with Crippen molar-refractivity contribution in [1.29, 1.82) is 0 Å². The van der Waals surface area contributed by atoms with E-state index in [1.54, 1.807) is 13.1 Å². The number of rotatable bonds is 3. The van der Waals surface area contributed by atoms with E-state index in [4.69, 9.17) is 4.74 Å². The lowest BCUT2D eigenvalue weighted by Crippen LogP contribution is -2.20. The van der Waals surface area contributed by atoms with Crippen LogP contribution in [0.25, 0.3) is 11.8 Å². The predicted molar refractivity (Wildman–Crippen MR) is 92.6 cm³/mol. The molecule has 1 heterocycles. The number of hydrogen-bond acceptors (Lipinski definition) is 3. The van der Waals surface area contributed by atoms with E-state index in [1.165, 1.54) is 12.0 Å². The van der Waals surface area contributed by atoms with E-state index in [1.807, 2.05) is 60.7 Å². The molecule has 0 unspecified atom stereocenters. The summed E-state index contributed by atoms with van der Waals surface area (Å²) in [5.41, 5.74) is 2.85. The molecule has 3 rings (SSSR count). The lowest BCUT2D eigenvalue weighted by atomic mass is 10.0. The number of ether oxygens (including phenoxy) is 1. The number of benzene rings is 2. The topological polar surface area (TPSA) is 46.6 Å². The van der Waals surface area contributed by atoms with E-state index >= 15 is 0 Å². The number of esters is 1. The fourth-order valence-electron chi connectivity index (χ4n) is 2.78. The molecule has 0 bridgehead atoms. The highest BCUT2D eigenvalue weighted by Crippen LogP contribution is 2.36. The summed E-state index contributed by atoms with van der Waals surface area (Å²) < 4.78 is 4.93. The molecule has 0 saturated heterocycles. The zero-order chi connectivity index (χ0) is 17.1. The van der Waals surface area contributed by atoms with Gasteiger partial charge in [-0.15, -0.1) is 0 Å². The van der Waals surface area contributed by atoms with Crippen molar-refractivity contribution < 1.29 is 14.3 Å². The maximum Gasteiger partial charge on any atom is 0.340 e. The lowest BCUT2D eigenvalue weighted by Gasteiger charge is -2.14. The second-order valence-corrected chi connectivity index (χ2v) is 5.41. The van der Waals surface area contributed by atoms with Gasteiger partial charge < -0.3 is 9.64 Å². The monoisotopic (exact) mass is 319 g/mol. The Kier molecular flexibility index (Phi) is 4.29. The first-order valence-electron chi connectivity index (χ1n) is 7.56. The Bertz CT molecular complexity index is 836. The molecule has 2 aromatic carbocycles. The first-order valence-corrected chi connectivity index (χ1v) is 7.56. The van der Waals surface area contributed by atoms with Crippen LogP contribution in [0.4, 0.5) is 0 Å². The van der Waals surface area contributed by atoms with Gasteiger partial charge in [0.25, 0.3) is 5.91 Å². The number of nitrogens with zero attached hydrogens (tertiary/aromatic N) is 1. The Morgan fingerprint density at radius 1 is 1.00 bits per heavy atom. The molecule has 0 atom stereocenters. The second kappa shape index (κ2) is 6.54. The van der Waals surface area contributed by atoms with Gasteiger partial charge in [-0.1, -0.05) is 60.7 Å². The molecule has 1 amide bonds. The van der Waals surface area contributed by atoms with Gasteiger partial charge in [0.2, 0.25) is 0 Å². The smallest absolute Gasteiger partial charge is 0.340 e. The van der Waals surface area contributed by atoms with Gasteiger partial charge in [-0.3, -0.25) is 4.79 Å². The summed E-state index contributed by atoms with van der Waals surface area (Å²) in [6.07, 6.45) is 1.72. The third-order valence-corrected chi connectivity index (χ3v) is 3.92. The van der Waals surface area contributed by atoms with Crippen molar-refractivity contribution in [2.75, 3.05) is 14.2 Å². The van der Waals surface area contributed by atoms with Gasteiger partial charge in [0, 0.05) is 7.05 Å². The number of carbonyl (C=O) groups excluding carboxylic acids is 2. The van der Waals surface area contributed by atoms with Crippen molar-refractivity contribution in [3.63, 3.8) is 0 Å². The standard InChI is InChI=1S/C20H17NO3/c1-21-18(15-11-7-4-8-12-15)17(20(23)24-2)16(19(21)22)13-14-9-5-3-6-10-14/h3-13H,1-2H3/b16-13-. The van der Waals surface area contributed by atoms with E-state index in [2.05, 4.69) is 0 Å². The summed E-state index contributed by atoms with van der Waals surface area (Å²) in [5.74, 6) is -0.744. The molecule has 1 aliphatic heterocycles. The van der Waals surface area contributed by atoms with Crippen LogP contribution in [0.5, 0.6) is 0 Å². The van der Waals surface area contributed by atoms with Crippen LogP contribution in [0.15, 0.2) is 71.8 Å². The van der Waals surface area contributed by atoms with Crippen LogP contribution < -0.4 is 0 Å². The zero-order valence-corrected chi connectivity index (χ0v) is 13.5. The van der Waals surface area contributed by atoms with Crippen LogP contribution >= 0.6 is 0 Å². The fourth-order valence-corrected chi connectivity index (χ4v) is 2.78. The molecule has 0 saturated carbocycles. The number of hydrogen-bond donors (Lipinski definition) is 0. The minimum Gasteiger partial charge on any atom is -0.465 e. The molecular weight excluding hydrogens is 302 g/mol. The number of carbonyl (C=O) groups is 2. The first-order chi connectivity index (χ1) is 11.6. The van der Waals surface area contributed by atoms with Gasteiger partial charge >= 0.3 is 5.97 Å². The minimum atomic E-state index is -0.520. The predicted octanol–water partition coefficient (Wildman–Crippen LogP) is 3.13.